The van der Waals surface area contributed by atoms with Crippen LogP contribution in [0.4, 0.5) is 10.5 Å². The van der Waals surface area contributed by atoms with Gasteiger partial charge in [0.15, 0.2) is 0 Å². The number of hydrogen-bond acceptors (Lipinski definition) is 3. The third-order valence-corrected chi connectivity index (χ3v) is 5.23. The summed E-state index contributed by atoms with van der Waals surface area (Å²) >= 11 is 6.16. The molecule has 28 heavy (non-hydrogen) atoms. The molecule has 0 saturated heterocycles. The van der Waals surface area contributed by atoms with E-state index >= 15 is 0 Å². The standard InChI is InChI=1S/C22H25ClN2O3/c1-2-28-21(26)17-10-6-12-19(14-17)24-22(27)25-20(15-7-3-4-8-15)16-9-5-11-18(23)13-16/h5-6,9-15,20H,2-4,7-8H2,1H3,(H2,24,25,27). The number of carbonyl (C=O) groups is 2. The maximum Gasteiger partial charge on any atom is 0.338 e. The molecule has 1 aliphatic carbocycles. The van der Waals surface area contributed by atoms with E-state index in [1.54, 1.807) is 31.2 Å². The van der Waals surface area contributed by atoms with E-state index in [0.29, 0.717) is 28.8 Å². The topological polar surface area (TPSA) is 67.4 Å². The van der Waals surface area contributed by atoms with Gasteiger partial charge in [0.1, 0.15) is 0 Å². The van der Waals surface area contributed by atoms with E-state index in [1.165, 1.54) is 12.8 Å². The van der Waals surface area contributed by atoms with Crippen LogP contribution in [0.1, 0.15) is 54.6 Å². The van der Waals surface area contributed by atoms with E-state index in [-0.39, 0.29) is 12.1 Å². The molecule has 148 valence electrons. The molecule has 1 unspecified atom stereocenters. The minimum absolute atomic E-state index is 0.102. The molecule has 2 aromatic carbocycles. The average molecular weight is 401 g/mol. The lowest BCUT2D eigenvalue weighted by Gasteiger charge is -2.25. The minimum Gasteiger partial charge on any atom is -0.462 e. The molecule has 6 heteroatoms. The molecule has 0 radical (unpaired) electrons. The quantitative estimate of drug-likeness (QED) is 0.623. The van der Waals surface area contributed by atoms with Gasteiger partial charge in [-0.3, -0.25) is 0 Å². The maximum absolute atomic E-state index is 12.7. The van der Waals surface area contributed by atoms with Crippen LogP contribution in [-0.4, -0.2) is 18.6 Å². The highest BCUT2D eigenvalue weighted by atomic mass is 35.5. The molecule has 2 amide bonds. The zero-order valence-electron chi connectivity index (χ0n) is 15.9. The zero-order chi connectivity index (χ0) is 19.9. The maximum atomic E-state index is 12.7. The number of urea groups is 1. The van der Waals surface area contributed by atoms with Gasteiger partial charge in [0.05, 0.1) is 18.2 Å². The van der Waals surface area contributed by atoms with E-state index in [0.717, 1.165) is 18.4 Å². The first-order chi connectivity index (χ1) is 13.6. The van der Waals surface area contributed by atoms with Crippen molar-refractivity contribution in [2.75, 3.05) is 11.9 Å². The largest absolute Gasteiger partial charge is 0.462 e. The molecule has 0 spiro atoms. The van der Waals surface area contributed by atoms with Crippen molar-refractivity contribution in [3.8, 4) is 0 Å². The number of amides is 2. The molecule has 1 aliphatic rings. The Morgan fingerprint density at radius 2 is 1.89 bits per heavy atom. The van der Waals surface area contributed by atoms with E-state index in [1.807, 2.05) is 24.3 Å². The van der Waals surface area contributed by atoms with Crippen LogP contribution in [0.3, 0.4) is 0 Å². The van der Waals surface area contributed by atoms with Crippen LogP contribution in [0.2, 0.25) is 5.02 Å². The molecule has 0 aliphatic heterocycles. The summed E-state index contributed by atoms with van der Waals surface area (Å²) in [6.45, 7) is 2.06. The van der Waals surface area contributed by atoms with Crippen molar-refractivity contribution in [3.05, 3.63) is 64.7 Å². The van der Waals surface area contributed by atoms with Gasteiger partial charge in [-0.15, -0.1) is 0 Å². The third kappa shape index (κ3) is 5.26. The molecule has 2 N–H and O–H groups in total. The van der Waals surface area contributed by atoms with Crippen LogP contribution in [-0.2, 0) is 4.74 Å². The summed E-state index contributed by atoms with van der Waals surface area (Å²) in [4.78, 5) is 24.6. The normalized spacial score (nSPS) is 15.1. The highest BCUT2D eigenvalue weighted by Gasteiger charge is 2.28. The molecule has 0 aromatic heterocycles. The lowest BCUT2D eigenvalue weighted by molar-refractivity contribution is 0.0526. The minimum atomic E-state index is -0.408. The molecular formula is C22H25ClN2O3. The molecular weight excluding hydrogens is 376 g/mol. The van der Waals surface area contributed by atoms with Gasteiger partial charge in [-0.25, -0.2) is 9.59 Å². The van der Waals surface area contributed by atoms with Gasteiger partial charge in [-0.2, -0.15) is 0 Å². The van der Waals surface area contributed by atoms with Crippen molar-refractivity contribution in [3.63, 3.8) is 0 Å². The third-order valence-electron chi connectivity index (χ3n) is 5.00. The number of halogens is 1. The fourth-order valence-electron chi connectivity index (χ4n) is 3.71. The van der Waals surface area contributed by atoms with Crippen LogP contribution in [0, 0.1) is 5.92 Å². The van der Waals surface area contributed by atoms with Crippen molar-refractivity contribution in [1.82, 2.24) is 5.32 Å². The van der Waals surface area contributed by atoms with Crippen LogP contribution >= 0.6 is 11.6 Å². The van der Waals surface area contributed by atoms with Crippen LogP contribution < -0.4 is 10.6 Å². The molecule has 1 saturated carbocycles. The number of anilines is 1. The summed E-state index contributed by atoms with van der Waals surface area (Å²) in [5, 5.41) is 6.58. The van der Waals surface area contributed by atoms with E-state index in [2.05, 4.69) is 10.6 Å². The lowest BCUT2D eigenvalue weighted by atomic mass is 9.92. The van der Waals surface area contributed by atoms with Crippen molar-refractivity contribution in [2.24, 2.45) is 5.92 Å². The Morgan fingerprint density at radius 3 is 2.61 bits per heavy atom. The number of hydrogen-bond donors (Lipinski definition) is 2. The van der Waals surface area contributed by atoms with Gasteiger partial charge < -0.3 is 15.4 Å². The van der Waals surface area contributed by atoms with Gasteiger partial charge in [-0.1, -0.05) is 42.6 Å². The Morgan fingerprint density at radius 1 is 1.14 bits per heavy atom. The lowest BCUT2D eigenvalue weighted by Crippen LogP contribution is -2.36. The van der Waals surface area contributed by atoms with Crippen molar-refractivity contribution in [2.45, 2.75) is 38.6 Å². The van der Waals surface area contributed by atoms with Gasteiger partial charge in [0.25, 0.3) is 0 Å². The number of ether oxygens (including phenoxy) is 1. The number of nitrogens with one attached hydrogen (secondary N) is 2. The Kier molecular flexibility index (Phi) is 6.93. The highest BCUT2D eigenvalue weighted by molar-refractivity contribution is 6.30. The summed E-state index contributed by atoms with van der Waals surface area (Å²) < 4.78 is 5.01. The molecule has 1 fully saturated rings. The second kappa shape index (κ2) is 9.60. The van der Waals surface area contributed by atoms with Crippen LogP contribution in [0.5, 0.6) is 0 Å². The first-order valence-corrected chi connectivity index (χ1v) is 10.0. The summed E-state index contributed by atoms with van der Waals surface area (Å²) in [5.41, 5.74) is 1.95. The van der Waals surface area contributed by atoms with Crippen molar-refractivity contribution >= 4 is 29.3 Å². The number of carbonyl (C=O) groups excluding carboxylic acids is 2. The zero-order valence-corrected chi connectivity index (χ0v) is 16.7. The molecule has 1 atom stereocenters. The Bertz CT molecular complexity index is 834. The summed E-state index contributed by atoms with van der Waals surface area (Å²) in [7, 11) is 0. The van der Waals surface area contributed by atoms with E-state index < -0.39 is 5.97 Å². The van der Waals surface area contributed by atoms with Crippen molar-refractivity contribution in [1.29, 1.82) is 0 Å². The fourth-order valence-corrected chi connectivity index (χ4v) is 3.91. The van der Waals surface area contributed by atoms with Gasteiger partial charge in [-0.05, 0) is 61.6 Å². The molecule has 2 aromatic rings. The van der Waals surface area contributed by atoms with Gasteiger partial charge >= 0.3 is 12.0 Å². The second-order valence-corrected chi connectivity index (χ2v) is 7.41. The van der Waals surface area contributed by atoms with Crippen LogP contribution in [0.25, 0.3) is 0 Å². The SMILES string of the molecule is CCOC(=O)c1cccc(NC(=O)NC(c2cccc(Cl)c2)C2CCCC2)c1. The fraction of sp³-hybridized carbons (Fsp3) is 0.364. The molecule has 3 rings (SSSR count). The van der Waals surface area contributed by atoms with E-state index in [9.17, 15) is 9.59 Å². The average Bonchev–Trinajstić information content (AvgIpc) is 3.21. The van der Waals surface area contributed by atoms with Crippen molar-refractivity contribution < 1.29 is 14.3 Å². The monoisotopic (exact) mass is 400 g/mol. The predicted octanol–water partition coefficient (Wildman–Crippen LogP) is 5.57. The van der Waals surface area contributed by atoms with Crippen LogP contribution in [0.15, 0.2) is 48.5 Å². The Labute approximate surface area is 170 Å². The van der Waals surface area contributed by atoms with Gasteiger partial charge in [0, 0.05) is 10.7 Å². The molecule has 0 bridgehead atoms. The Hall–Kier alpha value is -2.53. The smallest absolute Gasteiger partial charge is 0.338 e. The first kappa shape index (κ1) is 20.2. The second-order valence-electron chi connectivity index (χ2n) is 6.98. The highest BCUT2D eigenvalue weighted by Crippen LogP contribution is 2.36. The molecule has 0 heterocycles. The van der Waals surface area contributed by atoms with E-state index in [4.69, 9.17) is 16.3 Å². The number of benzene rings is 2. The number of esters is 1. The summed E-state index contributed by atoms with van der Waals surface area (Å²) in [6, 6.07) is 14.0. The molecule has 5 nitrogen and oxygen atoms in total. The Balaban J connectivity index is 1.72. The first-order valence-electron chi connectivity index (χ1n) is 9.67. The number of rotatable bonds is 6. The summed E-state index contributed by atoms with van der Waals surface area (Å²) in [6.07, 6.45) is 4.50. The summed E-state index contributed by atoms with van der Waals surface area (Å²) in [5.74, 6) is -0.0237. The van der Waals surface area contributed by atoms with Gasteiger partial charge in [0.2, 0.25) is 0 Å². The predicted molar refractivity (Wildman–Crippen MR) is 111 cm³/mol.